The molecule has 0 unspecified atom stereocenters. The van der Waals surface area contributed by atoms with Crippen molar-refractivity contribution in [3.8, 4) is 5.75 Å². The van der Waals surface area contributed by atoms with Crippen LogP contribution in [0.5, 0.6) is 5.75 Å². The van der Waals surface area contributed by atoms with Gasteiger partial charge in [-0.15, -0.1) is 23.1 Å². The number of rotatable bonds is 8. The number of ether oxygens (including phenoxy) is 1. The Bertz CT molecular complexity index is 892. The van der Waals surface area contributed by atoms with Gasteiger partial charge < -0.3 is 14.5 Å². The summed E-state index contributed by atoms with van der Waals surface area (Å²) >= 11 is 2.78. The normalized spacial score (nSPS) is 10.4. The van der Waals surface area contributed by atoms with Crippen LogP contribution in [0.4, 0.5) is 10.8 Å². The highest BCUT2D eigenvalue weighted by atomic mass is 32.2. The summed E-state index contributed by atoms with van der Waals surface area (Å²) in [6.07, 6.45) is 1.44. The van der Waals surface area contributed by atoms with Gasteiger partial charge in [0.1, 0.15) is 5.75 Å². The number of furan rings is 1. The maximum atomic E-state index is 12.0. The number of thioether (sulfide) groups is 1. The van der Waals surface area contributed by atoms with Gasteiger partial charge in [0.2, 0.25) is 5.91 Å². The second-order valence-corrected chi connectivity index (χ2v) is 7.19. The number of thiazole rings is 1. The van der Waals surface area contributed by atoms with E-state index < -0.39 is 0 Å². The minimum atomic E-state index is -0.340. The molecule has 140 valence electrons. The van der Waals surface area contributed by atoms with Crippen LogP contribution in [0.2, 0.25) is 0 Å². The predicted octanol–water partition coefficient (Wildman–Crippen LogP) is 3.87. The van der Waals surface area contributed by atoms with Gasteiger partial charge in [0.15, 0.2) is 10.9 Å². The zero-order valence-corrected chi connectivity index (χ0v) is 16.1. The van der Waals surface area contributed by atoms with Gasteiger partial charge in [0, 0.05) is 16.8 Å². The average Bonchev–Trinajstić information content (AvgIpc) is 3.34. The van der Waals surface area contributed by atoms with Gasteiger partial charge in [-0.25, -0.2) is 4.98 Å². The van der Waals surface area contributed by atoms with Gasteiger partial charge in [-0.1, -0.05) is 0 Å². The number of hydrogen-bond acceptors (Lipinski definition) is 7. The van der Waals surface area contributed by atoms with E-state index in [9.17, 15) is 9.59 Å². The molecule has 0 saturated carbocycles. The van der Waals surface area contributed by atoms with E-state index in [2.05, 4.69) is 15.6 Å². The minimum Gasteiger partial charge on any atom is -0.497 e. The van der Waals surface area contributed by atoms with Crippen molar-refractivity contribution in [3.63, 3.8) is 0 Å². The smallest absolute Gasteiger partial charge is 0.293 e. The minimum absolute atomic E-state index is 0.0910. The fourth-order valence-electron chi connectivity index (χ4n) is 2.12. The first-order valence-electron chi connectivity index (χ1n) is 7.95. The molecule has 0 aliphatic rings. The SMILES string of the molecule is COc1ccc(NC(=O)CSCc2csc(NC(=O)c3ccco3)n2)cc1. The number of hydrogen-bond donors (Lipinski definition) is 2. The maximum Gasteiger partial charge on any atom is 0.293 e. The average molecular weight is 403 g/mol. The van der Waals surface area contributed by atoms with Crippen molar-refractivity contribution >= 4 is 45.7 Å². The van der Waals surface area contributed by atoms with Crippen molar-refractivity contribution in [3.05, 3.63) is 59.5 Å². The molecule has 3 aromatic rings. The third kappa shape index (κ3) is 5.60. The Labute approximate surface area is 164 Å². The van der Waals surface area contributed by atoms with Gasteiger partial charge in [0.25, 0.3) is 5.91 Å². The molecular formula is C18H17N3O4S2. The van der Waals surface area contributed by atoms with Gasteiger partial charge in [-0.3, -0.25) is 14.9 Å². The molecule has 0 aliphatic heterocycles. The van der Waals surface area contributed by atoms with Crippen LogP contribution in [-0.4, -0.2) is 29.7 Å². The Hall–Kier alpha value is -2.78. The second-order valence-electron chi connectivity index (χ2n) is 5.34. The molecule has 0 spiro atoms. The molecule has 3 rings (SSSR count). The summed E-state index contributed by atoms with van der Waals surface area (Å²) < 4.78 is 10.1. The van der Waals surface area contributed by atoms with E-state index in [4.69, 9.17) is 9.15 Å². The molecule has 0 fully saturated rings. The third-order valence-corrected chi connectivity index (χ3v) is 5.15. The second kappa shape index (κ2) is 9.24. The van der Waals surface area contributed by atoms with Crippen LogP contribution in [0, 0.1) is 0 Å². The van der Waals surface area contributed by atoms with Crippen LogP contribution < -0.4 is 15.4 Å². The lowest BCUT2D eigenvalue weighted by Gasteiger charge is -2.05. The molecule has 0 saturated heterocycles. The molecule has 0 radical (unpaired) electrons. The molecule has 0 bridgehead atoms. The van der Waals surface area contributed by atoms with Crippen molar-refractivity contribution in [2.45, 2.75) is 5.75 Å². The highest BCUT2D eigenvalue weighted by Crippen LogP contribution is 2.21. The number of carbonyl (C=O) groups is 2. The Morgan fingerprint density at radius 1 is 1.22 bits per heavy atom. The number of benzene rings is 1. The van der Waals surface area contributed by atoms with Gasteiger partial charge in [0.05, 0.1) is 24.8 Å². The zero-order valence-electron chi connectivity index (χ0n) is 14.4. The van der Waals surface area contributed by atoms with E-state index in [1.54, 1.807) is 43.5 Å². The van der Waals surface area contributed by atoms with Gasteiger partial charge in [-0.05, 0) is 36.4 Å². The highest BCUT2D eigenvalue weighted by molar-refractivity contribution is 7.99. The van der Waals surface area contributed by atoms with E-state index in [1.165, 1.54) is 29.4 Å². The van der Waals surface area contributed by atoms with Crippen LogP contribution in [0.1, 0.15) is 16.2 Å². The molecule has 27 heavy (non-hydrogen) atoms. The molecule has 2 heterocycles. The largest absolute Gasteiger partial charge is 0.497 e. The van der Waals surface area contributed by atoms with E-state index in [0.717, 1.165) is 17.1 Å². The van der Waals surface area contributed by atoms with Crippen LogP contribution >= 0.6 is 23.1 Å². The highest BCUT2D eigenvalue weighted by Gasteiger charge is 2.11. The first kappa shape index (κ1) is 19.0. The van der Waals surface area contributed by atoms with E-state index in [-0.39, 0.29) is 17.6 Å². The van der Waals surface area contributed by atoms with E-state index >= 15 is 0 Å². The molecule has 0 aliphatic carbocycles. The summed E-state index contributed by atoms with van der Waals surface area (Å²) in [6.45, 7) is 0. The summed E-state index contributed by atoms with van der Waals surface area (Å²) in [5, 5.41) is 7.86. The Kier molecular flexibility index (Phi) is 6.50. The van der Waals surface area contributed by atoms with Crippen molar-refractivity contribution < 1.29 is 18.7 Å². The topological polar surface area (TPSA) is 93.5 Å². The van der Waals surface area contributed by atoms with E-state index in [0.29, 0.717) is 16.6 Å². The lowest BCUT2D eigenvalue weighted by molar-refractivity contribution is -0.113. The quantitative estimate of drug-likeness (QED) is 0.593. The van der Waals surface area contributed by atoms with Gasteiger partial charge in [-0.2, -0.15) is 0 Å². The number of nitrogens with zero attached hydrogens (tertiary/aromatic N) is 1. The first-order chi connectivity index (χ1) is 13.1. The Morgan fingerprint density at radius 3 is 2.74 bits per heavy atom. The third-order valence-electron chi connectivity index (χ3n) is 3.37. The Balaban J connectivity index is 1.41. The van der Waals surface area contributed by atoms with Crippen molar-refractivity contribution in [1.82, 2.24) is 4.98 Å². The standard InChI is InChI=1S/C18H17N3O4S2/c1-24-14-6-4-12(5-7-14)19-16(22)11-26-9-13-10-27-18(20-13)21-17(23)15-3-2-8-25-15/h2-8,10H,9,11H2,1H3,(H,19,22)(H,20,21,23). The van der Waals surface area contributed by atoms with Crippen LogP contribution in [0.25, 0.3) is 0 Å². The molecule has 2 N–H and O–H groups in total. The number of amides is 2. The lowest BCUT2D eigenvalue weighted by Crippen LogP contribution is -2.14. The van der Waals surface area contributed by atoms with E-state index in [1.807, 2.05) is 5.38 Å². The number of aromatic nitrogens is 1. The summed E-state index contributed by atoms with van der Waals surface area (Å²) in [5.74, 6) is 1.41. The van der Waals surface area contributed by atoms with Crippen molar-refractivity contribution in [2.24, 2.45) is 0 Å². The van der Waals surface area contributed by atoms with Crippen molar-refractivity contribution in [1.29, 1.82) is 0 Å². The van der Waals surface area contributed by atoms with Crippen molar-refractivity contribution in [2.75, 3.05) is 23.5 Å². The summed E-state index contributed by atoms with van der Waals surface area (Å²) in [4.78, 5) is 28.2. The number of anilines is 2. The number of methoxy groups -OCH3 is 1. The van der Waals surface area contributed by atoms with Gasteiger partial charge >= 0.3 is 0 Å². The molecule has 9 heteroatoms. The molecular weight excluding hydrogens is 386 g/mol. The fourth-order valence-corrected chi connectivity index (χ4v) is 3.64. The molecule has 2 aromatic heterocycles. The first-order valence-corrected chi connectivity index (χ1v) is 9.98. The van der Waals surface area contributed by atoms with Crippen LogP contribution in [0.15, 0.2) is 52.5 Å². The molecule has 7 nitrogen and oxygen atoms in total. The lowest BCUT2D eigenvalue weighted by atomic mass is 10.3. The summed E-state index contributed by atoms with van der Waals surface area (Å²) in [6, 6.07) is 10.4. The molecule has 2 amide bonds. The Morgan fingerprint density at radius 2 is 2.04 bits per heavy atom. The molecule has 1 aromatic carbocycles. The predicted molar refractivity (Wildman–Crippen MR) is 107 cm³/mol. The fraction of sp³-hybridized carbons (Fsp3) is 0.167. The molecule has 0 atom stereocenters. The van der Waals surface area contributed by atoms with Crippen LogP contribution in [-0.2, 0) is 10.5 Å². The number of nitrogens with one attached hydrogen (secondary N) is 2. The summed E-state index contributed by atoms with van der Waals surface area (Å²) in [7, 11) is 1.59. The monoisotopic (exact) mass is 403 g/mol. The van der Waals surface area contributed by atoms with Crippen LogP contribution in [0.3, 0.4) is 0 Å². The zero-order chi connectivity index (χ0) is 19.1. The number of carbonyl (C=O) groups excluding carboxylic acids is 2. The maximum absolute atomic E-state index is 12.0. The summed E-state index contributed by atoms with van der Waals surface area (Å²) in [5.41, 5.74) is 1.52.